The summed E-state index contributed by atoms with van der Waals surface area (Å²) >= 11 is 0. The number of hydrogen-bond donors (Lipinski definition) is 0. The van der Waals surface area contributed by atoms with E-state index in [4.69, 9.17) is 4.74 Å². The Bertz CT molecular complexity index is 3220. The Labute approximate surface area is 307 Å². The molecule has 1 aliphatic heterocycles. The van der Waals surface area contributed by atoms with Gasteiger partial charge < -0.3 is 4.74 Å². The van der Waals surface area contributed by atoms with E-state index < -0.39 is 0 Å². The Morgan fingerprint density at radius 2 is 1.04 bits per heavy atom. The number of allylic oxidation sites excluding steroid dienone is 7. The molecule has 0 amide bonds. The van der Waals surface area contributed by atoms with Gasteiger partial charge in [-0.3, -0.25) is 0 Å². The quantitative estimate of drug-likeness (QED) is 0.131. The van der Waals surface area contributed by atoms with Gasteiger partial charge in [-0.2, -0.15) is 0 Å². The number of fused-ring (bicyclic) bond motifs is 10. The van der Waals surface area contributed by atoms with E-state index in [-0.39, 0.29) is 5.92 Å². The second kappa shape index (κ2) is 10.9. The Morgan fingerprint density at radius 3 is 1.72 bits per heavy atom. The van der Waals surface area contributed by atoms with Gasteiger partial charge in [0.1, 0.15) is 11.5 Å². The third-order valence-electron chi connectivity index (χ3n) is 12.0. The van der Waals surface area contributed by atoms with Gasteiger partial charge in [-0.15, -0.1) is 0 Å². The van der Waals surface area contributed by atoms with E-state index in [1.54, 1.807) is 0 Å². The summed E-state index contributed by atoms with van der Waals surface area (Å²) < 4.78 is 6.84. The van der Waals surface area contributed by atoms with Crippen LogP contribution in [0.15, 0.2) is 187 Å². The number of rotatable bonds is 2. The lowest BCUT2D eigenvalue weighted by atomic mass is 9.72. The topological polar surface area (TPSA) is 9.23 Å². The first-order chi connectivity index (χ1) is 26.3. The van der Waals surface area contributed by atoms with Crippen LogP contribution in [0.4, 0.5) is 0 Å². The molecule has 0 bridgehead atoms. The molecule has 12 rings (SSSR count). The third-order valence-corrected chi connectivity index (χ3v) is 12.0. The first-order valence-electron chi connectivity index (χ1n) is 18.6. The van der Waals surface area contributed by atoms with Crippen molar-refractivity contribution in [2.75, 3.05) is 0 Å². The molecule has 53 heavy (non-hydrogen) atoms. The van der Waals surface area contributed by atoms with Crippen molar-refractivity contribution < 1.29 is 4.74 Å². The maximum atomic E-state index is 6.84. The van der Waals surface area contributed by atoms with Gasteiger partial charge >= 0.3 is 0 Å². The molecule has 0 N–H and O–H groups in total. The van der Waals surface area contributed by atoms with Crippen molar-refractivity contribution in [3.05, 3.63) is 198 Å². The molecule has 9 aromatic rings. The highest BCUT2D eigenvalue weighted by molar-refractivity contribution is 6.21. The smallest absolute Gasteiger partial charge is 0.135 e. The van der Waals surface area contributed by atoms with Crippen molar-refractivity contribution in [3.8, 4) is 16.9 Å². The van der Waals surface area contributed by atoms with Crippen LogP contribution in [0, 0.1) is 5.92 Å². The lowest BCUT2D eigenvalue weighted by molar-refractivity contribution is 0.417. The number of ether oxygens (including phenoxy) is 1. The van der Waals surface area contributed by atoms with E-state index in [1.807, 2.05) is 0 Å². The molecular formula is C52H32O. The van der Waals surface area contributed by atoms with Crippen LogP contribution in [0.5, 0.6) is 5.75 Å². The van der Waals surface area contributed by atoms with Crippen LogP contribution in [-0.4, -0.2) is 0 Å². The first-order valence-corrected chi connectivity index (χ1v) is 18.6. The predicted octanol–water partition coefficient (Wildman–Crippen LogP) is 14.0. The minimum Gasteiger partial charge on any atom is -0.456 e. The van der Waals surface area contributed by atoms with Gasteiger partial charge in [0, 0.05) is 17.1 Å². The largest absolute Gasteiger partial charge is 0.456 e. The Balaban J connectivity index is 1.08. The predicted molar refractivity (Wildman–Crippen MR) is 224 cm³/mol. The van der Waals surface area contributed by atoms with Gasteiger partial charge in [-0.05, 0) is 129 Å². The lowest BCUT2D eigenvalue weighted by Gasteiger charge is -2.36. The van der Waals surface area contributed by atoms with Crippen molar-refractivity contribution in [1.29, 1.82) is 0 Å². The molecule has 1 heteroatoms. The van der Waals surface area contributed by atoms with Crippen LogP contribution in [-0.2, 0) is 0 Å². The zero-order chi connectivity index (χ0) is 34.6. The van der Waals surface area contributed by atoms with Crippen LogP contribution < -0.4 is 4.74 Å². The first kappa shape index (κ1) is 28.9. The van der Waals surface area contributed by atoms with Gasteiger partial charge in [0.2, 0.25) is 0 Å². The van der Waals surface area contributed by atoms with Crippen molar-refractivity contribution >= 4 is 75.8 Å². The highest BCUT2D eigenvalue weighted by Gasteiger charge is 2.36. The highest BCUT2D eigenvalue weighted by Crippen LogP contribution is 2.53. The lowest BCUT2D eigenvalue weighted by Crippen LogP contribution is -2.22. The maximum Gasteiger partial charge on any atom is 0.135 e. The van der Waals surface area contributed by atoms with Crippen LogP contribution in [0.1, 0.15) is 17.5 Å². The van der Waals surface area contributed by atoms with Crippen LogP contribution in [0.2, 0.25) is 0 Å². The molecule has 2 aliphatic carbocycles. The maximum absolute atomic E-state index is 6.84. The van der Waals surface area contributed by atoms with E-state index in [0.717, 1.165) is 23.5 Å². The zero-order valence-electron chi connectivity index (χ0n) is 28.9. The molecule has 3 aliphatic rings. The van der Waals surface area contributed by atoms with Crippen molar-refractivity contribution in [1.82, 2.24) is 0 Å². The summed E-state index contributed by atoms with van der Waals surface area (Å²) in [5.41, 5.74) is 8.90. The fraction of sp³-hybridized carbons (Fsp3) is 0.0385. The zero-order valence-corrected chi connectivity index (χ0v) is 28.9. The van der Waals surface area contributed by atoms with Crippen LogP contribution in [0.25, 0.3) is 86.9 Å². The average molecular weight is 673 g/mol. The molecule has 0 saturated heterocycles. The monoisotopic (exact) mass is 672 g/mol. The summed E-state index contributed by atoms with van der Waals surface area (Å²) in [6.45, 7) is 0. The summed E-state index contributed by atoms with van der Waals surface area (Å²) in [5.74, 6) is 2.06. The molecule has 0 radical (unpaired) electrons. The van der Waals surface area contributed by atoms with E-state index in [9.17, 15) is 0 Å². The summed E-state index contributed by atoms with van der Waals surface area (Å²) in [6.07, 6.45) is 10.2. The molecule has 9 aromatic carbocycles. The van der Waals surface area contributed by atoms with Gasteiger partial charge in [0.15, 0.2) is 0 Å². The molecule has 0 aromatic heterocycles. The summed E-state index contributed by atoms with van der Waals surface area (Å²) in [6, 6.07) is 56.0. The van der Waals surface area contributed by atoms with Gasteiger partial charge in [-0.1, -0.05) is 146 Å². The minimum absolute atomic E-state index is 0.178. The molecule has 0 fully saturated rings. The standard InChI is InChI=1S/C52H32O/c1-5-14-36-31(10-1)20-23-43-45(36)28-33-12-3-7-16-38(33)50(43)35-22-26-48-47(30-35)41-19-9-18-40-42(25-27-49(53-48)52(40)41)51-39-17-8-4-13-34(39)29-46-37-15-6-2-11-32(37)21-24-44(46)51/h1-17,19-30,40H,18H2. The van der Waals surface area contributed by atoms with Crippen LogP contribution >= 0.6 is 0 Å². The highest BCUT2D eigenvalue weighted by atomic mass is 16.5. The summed E-state index contributed by atoms with van der Waals surface area (Å²) in [4.78, 5) is 0. The molecule has 1 unspecified atom stereocenters. The Morgan fingerprint density at radius 1 is 0.453 bits per heavy atom. The van der Waals surface area contributed by atoms with Gasteiger partial charge in [0.25, 0.3) is 0 Å². The van der Waals surface area contributed by atoms with Gasteiger partial charge in [-0.25, -0.2) is 0 Å². The van der Waals surface area contributed by atoms with Crippen molar-refractivity contribution in [3.63, 3.8) is 0 Å². The number of hydrogen-bond acceptors (Lipinski definition) is 1. The molecule has 246 valence electrons. The van der Waals surface area contributed by atoms with E-state index in [1.165, 1.54) is 98.0 Å². The average Bonchev–Trinajstić information content (AvgIpc) is 3.22. The molecule has 1 heterocycles. The normalized spacial score (nSPS) is 16.3. The summed E-state index contributed by atoms with van der Waals surface area (Å²) in [7, 11) is 0. The Kier molecular flexibility index (Phi) is 5.95. The minimum atomic E-state index is 0.178. The third kappa shape index (κ3) is 4.14. The summed E-state index contributed by atoms with van der Waals surface area (Å²) in [5, 5.41) is 15.4. The molecule has 0 spiro atoms. The van der Waals surface area contributed by atoms with Crippen LogP contribution in [0.3, 0.4) is 0 Å². The Hall–Kier alpha value is -6.70. The SMILES string of the molecule is C1=CC2=C3C(=CC=C(c4c5ccccc5cc5c4ccc4ccccc45)C3C1)Oc1ccc(-c3c4ccccc4cc4c3ccc3ccccc34)cc12. The van der Waals surface area contributed by atoms with E-state index in [0.29, 0.717) is 0 Å². The van der Waals surface area contributed by atoms with Crippen molar-refractivity contribution in [2.45, 2.75) is 6.42 Å². The van der Waals surface area contributed by atoms with Gasteiger partial charge in [0.05, 0.1) is 0 Å². The molecule has 1 nitrogen and oxygen atoms in total. The van der Waals surface area contributed by atoms with E-state index in [2.05, 4.69) is 176 Å². The second-order valence-corrected chi connectivity index (χ2v) is 14.7. The molecular weight excluding hydrogens is 641 g/mol. The van der Waals surface area contributed by atoms with Crippen molar-refractivity contribution in [2.24, 2.45) is 5.92 Å². The fourth-order valence-electron chi connectivity index (χ4n) is 9.62. The molecule has 1 atom stereocenters. The van der Waals surface area contributed by atoms with E-state index >= 15 is 0 Å². The molecule has 0 saturated carbocycles. The second-order valence-electron chi connectivity index (χ2n) is 14.7. The fourth-order valence-corrected chi connectivity index (χ4v) is 9.62. The number of benzene rings is 9.